The second-order valence-electron chi connectivity index (χ2n) is 7.10. The number of hydrogen-bond donors (Lipinski definition) is 1. The van der Waals surface area contributed by atoms with Crippen LogP contribution in [0.2, 0.25) is 10.0 Å². The van der Waals surface area contributed by atoms with Gasteiger partial charge in [-0.15, -0.1) is 0 Å². The predicted octanol–water partition coefficient (Wildman–Crippen LogP) is 6.83. The highest BCUT2D eigenvalue weighted by molar-refractivity contribution is 6.30. The topological polar surface area (TPSA) is 63.6 Å². The van der Waals surface area contributed by atoms with Crippen LogP contribution in [0.25, 0.3) is 12.2 Å². The van der Waals surface area contributed by atoms with E-state index in [-0.39, 0.29) is 22.8 Å². The van der Waals surface area contributed by atoms with Crippen molar-refractivity contribution in [2.24, 2.45) is 0 Å². The number of carbonyl (C=O) groups is 2. The molecule has 0 amide bonds. The van der Waals surface area contributed by atoms with Crippen molar-refractivity contribution in [3.05, 3.63) is 105 Å². The normalized spacial score (nSPS) is 11.2. The van der Waals surface area contributed by atoms with Gasteiger partial charge in [0.05, 0.1) is 5.56 Å². The highest BCUT2D eigenvalue weighted by Crippen LogP contribution is 2.34. The molecule has 32 heavy (non-hydrogen) atoms. The minimum Gasteiger partial charge on any atom is -0.507 e. The van der Waals surface area contributed by atoms with E-state index in [0.29, 0.717) is 21.2 Å². The van der Waals surface area contributed by atoms with Crippen LogP contribution >= 0.6 is 23.2 Å². The highest BCUT2D eigenvalue weighted by Gasteiger charge is 2.18. The van der Waals surface area contributed by atoms with Gasteiger partial charge in [-0.1, -0.05) is 53.5 Å². The molecular weight excluding hydrogens is 447 g/mol. The minimum absolute atomic E-state index is 0.127. The summed E-state index contributed by atoms with van der Waals surface area (Å²) in [5.74, 6) is -0.992. The Bertz CT molecular complexity index is 1210. The van der Waals surface area contributed by atoms with Gasteiger partial charge in [-0.05, 0) is 73.0 Å². The molecule has 3 rings (SSSR count). The number of rotatable bonds is 6. The third kappa shape index (κ3) is 5.88. The Balaban J connectivity index is 1.77. The van der Waals surface area contributed by atoms with Crippen molar-refractivity contribution in [2.75, 3.05) is 0 Å². The zero-order valence-electron chi connectivity index (χ0n) is 17.4. The third-order valence-electron chi connectivity index (χ3n) is 4.72. The van der Waals surface area contributed by atoms with Gasteiger partial charge in [0.15, 0.2) is 5.78 Å². The maximum absolute atomic E-state index is 12.6. The van der Waals surface area contributed by atoms with Crippen LogP contribution in [0, 0.1) is 13.8 Å². The Morgan fingerprint density at radius 1 is 0.844 bits per heavy atom. The predicted molar refractivity (Wildman–Crippen MR) is 129 cm³/mol. The second-order valence-corrected chi connectivity index (χ2v) is 7.97. The van der Waals surface area contributed by atoms with Gasteiger partial charge in [-0.2, -0.15) is 0 Å². The zero-order chi connectivity index (χ0) is 23.3. The summed E-state index contributed by atoms with van der Waals surface area (Å²) in [4.78, 5) is 24.9. The van der Waals surface area contributed by atoms with Crippen LogP contribution in [0.4, 0.5) is 0 Å². The molecule has 3 aromatic carbocycles. The van der Waals surface area contributed by atoms with Gasteiger partial charge in [-0.25, -0.2) is 4.79 Å². The molecule has 0 aliphatic carbocycles. The number of aromatic hydroxyl groups is 1. The number of halogens is 2. The van der Waals surface area contributed by atoms with E-state index >= 15 is 0 Å². The fourth-order valence-electron chi connectivity index (χ4n) is 3.01. The van der Waals surface area contributed by atoms with Crippen molar-refractivity contribution in [3.8, 4) is 11.5 Å². The molecule has 0 aliphatic rings. The molecule has 3 aromatic rings. The molecule has 0 heterocycles. The molecule has 1 N–H and O–H groups in total. The molecule has 0 aliphatic heterocycles. The number of aryl methyl sites for hydroxylation is 1. The van der Waals surface area contributed by atoms with Crippen molar-refractivity contribution < 1.29 is 19.4 Å². The van der Waals surface area contributed by atoms with Crippen LogP contribution in [0.5, 0.6) is 11.5 Å². The molecule has 162 valence electrons. The molecule has 0 aromatic heterocycles. The Kier molecular flexibility index (Phi) is 7.52. The van der Waals surface area contributed by atoms with Gasteiger partial charge in [-0.3, -0.25) is 4.79 Å². The molecule has 0 atom stereocenters. The first kappa shape index (κ1) is 23.3. The highest BCUT2D eigenvalue weighted by atomic mass is 35.5. The molecule has 0 radical (unpaired) electrons. The summed E-state index contributed by atoms with van der Waals surface area (Å²) in [5, 5.41) is 11.8. The van der Waals surface area contributed by atoms with Gasteiger partial charge in [0, 0.05) is 21.7 Å². The first-order valence-corrected chi connectivity index (χ1v) is 10.5. The molecule has 0 fully saturated rings. The Morgan fingerprint density at radius 3 is 1.88 bits per heavy atom. The first-order valence-electron chi connectivity index (χ1n) is 9.71. The standard InChI is InChI=1S/C26H20Cl2O4/c1-16-15-22(23(29)13-7-18-3-9-20(27)10-4-18)25(31)17(2)26(16)32-24(30)14-8-19-5-11-21(28)12-6-19/h3-15,31H,1-2H3/b13-7+,14-8+. The maximum Gasteiger partial charge on any atom is 0.336 e. The SMILES string of the molecule is Cc1cc(C(=O)/C=C/c2ccc(Cl)cc2)c(O)c(C)c1OC(=O)/C=C/c1ccc(Cl)cc1. The summed E-state index contributed by atoms with van der Waals surface area (Å²) in [6, 6.07) is 15.5. The number of ether oxygens (including phenoxy) is 1. The minimum atomic E-state index is -0.604. The molecule has 0 saturated heterocycles. The summed E-state index contributed by atoms with van der Waals surface area (Å²) < 4.78 is 5.42. The number of esters is 1. The van der Waals surface area contributed by atoms with Crippen LogP contribution in [0.3, 0.4) is 0 Å². The lowest BCUT2D eigenvalue weighted by atomic mass is 10.00. The number of benzene rings is 3. The van der Waals surface area contributed by atoms with Crippen LogP contribution in [-0.2, 0) is 4.79 Å². The Morgan fingerprint density at radius 2 is 1.34 bits per heavy atom. The van der Waals surface area contributed by atoms with E-state index in [0.717, 1.165) is 11.1 Å². The zero-order valence-corrected chi connectivity index (χ0v) is 18.9. The summed E-state index contributed by atoms with van der Waals surface area (Å²) >= 11 is 11.7. The van der Waals surface area contributed by atoms with Gasteiger partial charge < -0.3 is 9.84 Å². The van der Waals surface area contributed by atoms with Gasteiger partial charge in [0.2, 0.25) is 0 Å². The fourth-order valence-corrected chi connectivity index (χ4v) is 3.26. The number of hydrogen-bond acceptors (Lipinski definition) is 4. The summed E-state index contributed by atoms with van der Waals surface area (Å²) in [6.45, 7) is 3.30. The lowest BCUT2D eigenvalue weighted by Crippen LogP contribution is -2.08. The van der Waals surface area contributed by atoms with E-state index < -0.39 is 5.97 Å². The third-order valence-corrected chi connectivity index (χ3v) is 5.22. The number of phenolic OH excluding ortho intramolecular Hbond substituents is 1. The molecule has 0 unspecified atom stereocenters. The van der Waals surface area contributed by atoms with E-state index in [2.05, 4.69) is 0 Å². The summed E-state index contributed by atoms with van der Waals surface area (Å²) in [7, 11) is 0. The molecule has 0 spiro atoms. The van der Waals surface area contributed by atoms with Crippen molar-refractivity contribution in [3.63, 3.8) is 0 Å². The van der Waals surface area contributed by atoms with Crippen LogP contribution < -0.4 is 4.74 Å². The fraction of sp³-hybridized carbons (Fsp3) is 0.0769. The van der Waals surface area contributed by atoms with Crippen LogP contribution in [0.1, 0.15) is 32.6 Å². The maximum atomic E-state index is 12.6. The van der Waals surface area contributed by atoms with E-state index in [4.69, 9.17) is 27.9 Å². The molecule has 4 nitrogen and oxygen atoms in total. The smallest absolute Gasteiger partial charge is 0.336 e. The van der Waals surface area contributed by atoms with E-state index in [1.807, 2.05) is 0 Å². The van der Waals surface area contributed by atoms with Crippen LogP contribution in [0.15, 0.2) is 66.7 Å². The quantitative estimate of drug-likeness (QED) is 0.187. The monoisotopic (exact) mass is 466 g/mol. The van der Waals surface area contributed by atoms with Crippen molar-refractivity contribution in [1.29, 1.82) is 0 Å². The van der Waals surface area contributed by atoms with Gasteiger partial charge >= 0.3 is 5.97 Å². The second kappa shape index (κ2) is 10.3. The Hall–Kier alpha value is -3.34. The number of ketones is 1. The molecular formula is C26H20Cl2O4. The lowest BCUT2D eigenvalue weighted by Gasteiger charge is -2.13. The lowest BCUT2D eigenvalue weighted by molar-refractivity contribution is -0.129. The van der Waals surface area contributed by atoms with Crippen LogP contribution in [-0.4, -0.2) is 16.9 Å². The van der Waals surface area contributed by atoms with E-state index in [1.54, 1.807) is 74.5 Å². The number of allylic oxidation sites excluding steroid dienone is 1. The first-order chi connectivity index (χ1) is 15.2. The molecule has 0 saturated carbocycles. The molecule has 6 heteroatoms. The average molecular weight is 467 g/mol. The summed E-state index contributed by atoms with van der Waals surface area (Å²) in [6.07, 6.45) is 5.89. The number of phenols is 1. The number of carbonyl (C=O) groups excluding carboxylic acids is 2. The van der Waals surface area contributed by atoms with E-state index in [9.17, 15) is 14.7 Å². The Labute approximate surface area is 196 Å². The van der Waals surface area contributed by atoms with Crippen molar-refractivity contribution in [2.45, 2.75) is 13.8 Å². The average Bonchev–Trinajstić information content (AvgIpc) is 2.78. The van der Waals surface area contributed by atoms with Crippen molar-refractivity contribution in [1.82, 2.24) is 0 Å². The van der Waals surface area contributed by atoms with E-state index in [1.165, 1.54) is 18.2 Å². The largest absolute Gasteiger partial charge is 0.507 e. The van der Waals surface area contributed by atoms with Crippen molar-refractivity contribution >= 4 is 47.1 Å². The van der Waals surface area contributed by atoms with Gasteiger partial charge in [0.25, 0.3) is 0 Å². The molecule has 0 bridgehead atoms. The summed E-state index contributed by atoms with van der Waals surface area (Å²) in [5.41, 5.74) is 2.57. The van der Waals surface area contributed by atoms with Gasteiger partial charge in [0.1, 0.15) is 11.5 Å².